The number of carbonyl (C=O) groups is 1. The molecule has 0 saturated carbocycles. The molecule has 0 unspecified atom stereocenters. The van der Waals surface area contributed by atoms with Crippen molar-refractivity contribution in [2.24, 2.45) is 4.99 Å². The molecular weight excluding hydrogens is 586 g/mol. The normalized spacial score (nSPS) is 15.6. The Morgan fingerprint density at radius 1 is 1.26 bits per heavy atom. The van der Waals surface area contributed by atoms with E-state index in [1.54, 1.807) is 44.2 Å². The van der Waals surface area contributed by atoms with Crippen LogP contribution >= 0.6 is 33.9 Å². The van der Waals surface area contributed by atoms with Crippen molar-refractivity contribution in [3.05, 3.63) is 87.9 Å². The number of hydrogen-bond donors (Lipinski definition) is 1. The van der Waals surface area contributed by atoms with Gasteiger partial charge in [0.25, 0.3) is 5.56 Å². The van der Waals surface area contributed by atoms with Gasteiger partial charge in [-0.1, -0.05) is 23.5 Å². The number of aromatic nitrogens is 1. The first-order chi connectivity index (χ1) is 16.7. The Bertz CT molecular complexity index is 1510. The maximum absolute atomic E-state index is 13.7. The first-order valence-electron chi connectivity index (χ1n) is 10.9. The summed E-state index contributed by atoms with van der Waals surface area (Å²) in [4.78, 5) is 31.4. The molecule has 7 nitrogen and oxygen atoms in total. The molecular formula is C25H22FIN2O5S. The maximum Gasteiger partial charge on any atom is 0.338 e. The van der Waals surface area contributed by atoms with E-state index in [0.29, 0.717) is 42.1 Å². The maximum atomic E-state index is 13.7. The van der Waals surface area contributed by atoms with Crippen molar-refractivity contribution in [2.45, 2.75) is 26.8 Å². The minimum Gasteiger partial charge on any atom is -0.504 e. The fourth-order valence-electron chi connectivity index (χ4n) is 3.85. The first kappa shape index (κ1) is 25.1. The zero-order chi connectivity index (χ0) is 25.3. The fourth-order valence-corrected chi connectivity index (χ4v) is 5.52. The quantitative estimate of drug-likeness (QED) is 0.341. The van der Waals surface area contributed by atoms with Crippen LogP contribution in [0, 0.1) is 9.39 Å². The number of esters is 1. The van der Waals surface area contributed by atoms with E-state index < -0.39 is 17.8 Å². The largest absolute Gasteiger partial charge is 0.504 e. The van der Waals surface area contributed by atoms with Crippen LogP contribution < -0.4 is 19.6 Å². The number of phenolic OH excluding ortho intramolecular Hbond substituents is 1. The molecule has 0 amide bonds. The smallest absolute Gasteiger partial charge is 0.338 e. The second-order valence-electron chi connectivity index (χ2n) is 7.64. The van der Waals surface area contributed by atoms with Gasteiger partial charge in [-0.25, -0.2) is 14.2 Å². The molecule has 0 aliphatic carbocycles. The molecule has 2 aromatic carbocycles. The monoisotopic (exact) mass is 608 g/mol. The summed E-state index contributed by atoms with van der Waals surface area (Å²) in [5, 5.41) is 10.2. The third-order valence-electron chi connectivity index (χ3n) is 5.35. The predicted octanol–water partition coefficient (Wildman–Crippen LogP) is 3.65. The van der Waals surface area contributed by atoms with Gasteiger partial charge in [-0.15, -0.1) is 0 Å². The van der Waals surface area contributed by atoms with E-state index in [1.165, 1.54) is 28.0 Å². The Morgan fingerprint density at radius 2 is 1.97 bits per heavy atom. The predicted molar refractivity (Wildman–Crippen MR) is 139 cm³/mol. The van der Waals surface area contributed by atoms with Gasteiger partial charge in [-0.3, -0.25) is 9.36 Å². The van der Waals surface area contributed by atoms with E-state index in [-0.39, 0.29) is 23.5 Å². The number of halogens is 2. The van der Waals surface area contributed by atoms with Gasteiger partial charge in [-0.2, -0.15) is 0 Å². The molecule has 4 rings (SSSR count). The molecule has 0 fully saturated rings. The van der Waals surface area contributed by atoms with Gasteiger partial charge >= 0.3 is 5.97 Å². The van der Waals surface area contributed by atoms with Gasteiger partial charge in [0.1, 0.15) is 5.82 Å². The zero-order valence-corrected chi connectivity index (χ0v) is 22.1. The van der Waals surface area contributed by atoms with Crippen molar-refractivity contribution < 1.29 is 23.8 Å². The van der Waals surface area contributed by atoms with Crippen LogP contribution in [-0.2, 0) is 9.53 Å². The summed E-state index contributed by atoms with van der Waals surface area (Å²) in [5.74, 6) is -0.640. The summed E-state index contributed by atoms with van der Waals surface area (Å²) < 4.78 is 26.8. The van der Waals surface area contributed by atoms with Crippen LogP contribution in [0.2, 0.25) is 0 Å². The molecule has 0 bridgehead atoms. The molecule has 0 spiro atoms. The van der Waals surface area contributed by atoms with Crippen LogP contribution in [0.3, 0.4) is 0 Å². The van der Waals surface area contributed by atoms with Gasteiger partial charge in [0.05, 0.1) is 38.6 Å². The lowest BCUT2D eigenvalue weighted by Gasteiger charge is -2.24. The van der Waals surface area contributed by atoms with Crippen molar-refractivity contribution in [2.75, 3.05) is 13.2 Å². The first-order valence-corrected chi connectivity index (χ1v) is 12.7. The van der Waals surface area contributed by atoms with Crippen LogP contribution in [0.1, 0.15) is 37.9 Å². The lowest BCUT2D eigenvalue weighted by atomic mass is 9.96. The molecule has 1 aliphatic rings. The van der Waals surface area contributed by atoms with E-state index in [1.807, 2.05) is 29.5 Å². The lowest BCUT2D eigenvalue weighted by molar-refractivity contribution is -0.139. The van der Waals surface area contributed by atoms with Crippen molar-refractivity contribution >= 4 is 46.0 Å². The molecule has 0 radical (unpaired) electrons. The molecule has 3 aromatic rings. The zero-order valence-electron chi connectivity index (χ0n) is 19.2. The number of allylic oxidation sites excluding steroid dienone is 1. The standard InChI is InChI=1S/C25H22FIN2O5S/c1-4-33-18-11-14(10-17(27)22(18)30)12-19-23(31)29-21(15-6-8-16(26)9-7-15)20(24(32)34-5-2)13(3)28-25(29)35-19/h6-12,21,30H,4-5H2,1-3H3/b19-12-/t21-/m0/s1. The summed E-state index contributed by atoms with van der Waals surface area (Å²) in [5.41, 5.74) is 1.55. The SMILES string of the molecule is CCOC(=O)C1=C(C)N=c2s/c(=C\c3cc(I)c(O)c(OCC)c3)c(=O)n2[C@H]1c1ccc(F)cc1. The van der Waals surface area contributed by atoms with Crippen molar-refractivity contribution in [3.8, 4) is 11.5 Å². The Labute approximate surface area is 218 Å². The van der Waals surface area contributed by atoms with Crippen molar-refractivity contribution in [1.29, 1.82) is 0 Å². The summed E-state index contributed by atoms with van der Waals surface area (Å²) in [6, 6.07) is 8.26. The van der Waals surface area contributed by atoms with Gasteiger partial charge in [-0.05, 0) is 84.8 Å². The van der Waals surface area contributed by atoms with Crippen LogP contribution in [-0.4, -0.2) is 28.9 Å². The van der Waals surface area contributed by atoms with Gasteiger partial charge in [0, 0.05) is 0 Å². The molecule has 2 heterocycles. The number of carbonyl (C=O) groups excluding carboxylic acids is 1. The molecule has 10 heteroatoms. The van der Waals surface area contributed by atoms with E-state index in [2.05, 4.69) is 4.99 Å². The van der Waals surface area contributed by atoms with E-state index in [0.717, 1.165) is 0 Å². The van der Waals surface area contributed by atoms with Crippen LogP contribution in [0.4, 0.5) is 4.39 Å². The van der Waals surface area contributed by atoms with E-state index >= 15 is 0 Å². The summed E-state index contributed by atoms with van der Waals surface area (Å²) >= 11 is 3.18. The van der Waals surface area contributed by atoms with Gasteiger partial charge in [0.2, 0.25) is 0 Å². The second kappa shape index (κ2) is 10.3. The lowest BCUT2D eigenvalue weighted by Crippen LogP contribution is -2.39. The third-order valence-corrected chi connectivity index (χ3v) is 7.16. The fraction of sp³-hybridized carbons (Fsp3) is 0.240. The number of fused-ring (bicyclic) bond motifs is 1. The molecule has 1 atom stereocenters. The summed E-state index contributed by atoms with van der Waals surface area (Å²) in [6.45, 7) is 5.75. The number of rotatable bonds is 6. The highest BCUT2D eigenvalue weighted by Gasteiger charge is 2.33. The van der Waals surface area contributed by atoms with Crippen molar-refractivity contribution in [1.82, 2.24) is 4.57 Å². The second-order valence-corrected chi connectivity index (χ2v) is 9.81. The molecule has 1 N–H and O–H groups in total. The Hall–Kier alpha value is -2.99. The van der Waals surface area contributed by atoms with Crippen molar-refractivity contribution in [3.63, 3.8) is 0 Å². The van der Waals surface area contributed by atoms with Crippen LogP contribution in [0.15, 0.2) is 57.5 Å². The Kier molecular flexibility index (Phi) is 7.41. The van der Waals surface area contributed by atoms with Gasteiger partial charge in [0.15, 0.2) is 16.3 Å². The van der Waals surface area contributed by atoms with E-state index in [4.69, 9.17) is 9.47 Å². The molecule has 35 heavy (non-hydrogen) atoms. The van der Waals surface area contributed by atoms with Crippen LogP contribution in [0.5, 0.6) is 11.5 Å². The number of hydrogen-bond acceptors (Lipinski definition) is 7. The molecule has 0 saturated heterocycles. The van der Waals surface area contributed by atoms with Crippen LogP contribution in [0.25, 0.3) is 6.08 Å². The average molecular weight is 608 g/mol. The summed E-state index contributed by atoms with van der Waals surface area (Å²) in [6.07, 6.45) is 1.69. The number of nitrogens with zero attached hydrogens (tertiary/aromatic N) is 2. The summed E-state index contributed by atoms with van der Waals surface area (Å²) in [7, 11) is 0. The minimum atomic E-state index is -0.813. The molecule has 1 aromatic heterocycles. The molecule has 1 aliphatic heterocycles. The Morgan fingerprint density at radius 3 is 2.63 bits per heavy atom. The number of aromatic hydroxyl groups is 1. The average Bonchev–Trinajstić information content (AvgIpc) is 3.11. The number of ether oxygens (including phenoxy) is 2. The number of benzene rings is 2. The van der Waals surface area contributed by atoms with E-state index in [9.17, 15) is 19.1 Å². The third kappa shape index (κ3) is 4.90. The highest BCUT2D eigenvalue weighted by Crippen LogP contribution is 2.33. The minimum absolute atomic E-state index is 0.0390. The highest BCUT2D eigenvalue weighted by molar-refractivity contribution is 14.1. The Balaban J connectivity index is 1.93. The highest BCUT2D eigenvalue weighted by atomic mass is 127. The number of thiazole rings is 1. The number of phenols is 1. The van der Waals surface area contributed by atoms with Gasteiger partial charge < -0.3 is 14.6 Å². The molecule has 182 valence electrons. The topological polar surface area (TPSA) is 90.1 Å².